The van der Waals surface area contributed by atoms with Crippen LogP contribution in [-0.4, -0.2) is 12.1 Å². The molecule has 2 aromatic rings. The standard InChI is InChI=1S/C15H13BrN2OS/c16-12-5-1-3-10(7-12)9-17-18-15(19)14-8-11-4-2-6-13(11)20-14/h1,3,5,7-9H,2,4,6H2,(H,18,19)/b17-9-. The molecule has 1 aliphatic carbocycles. The first-order valence-electron chi connectivity index (χ1n) is 6.43. The molecule has 1 N–H and O–H groups in total. The fraction of sp³-hybridized carbons (Fsp3) is 0.200. The summed E-state index contributed by atoms with van der Waals surface area (Å²) < 4.78 is 0.988. The van der Waals surface area contributed by atoms with Gasteiger partial charge in [-0.1, -0.05) is 28.1 Å². The molecule has 3 nitrogen and oxygen atoms in total. The molecule has 0 unspecified atom stereocenters. The van der Waals surface area contributed by atoms with E-state index in [0.717, 1.165) is 27.8 Å². The van der Waals surface area contributed by atoms with Crippen molar-refractivity contribution in [3.63, 3.8) is 0 Å². The summed E-state index contributed by atoms with van der Waals surface area (Å²) in [7, 11) is 0. The number of fused-ring (bicyclic) bond motifs is 1. The fourth-order valence-electron chi connectivity index (χ4n) is 2.25. The summed E-state index contributed by atoms with van der Waals surface area (Å²) >= 11 is 4.98. The number of halogens is 1. The van der Waals surface area contributed by atoms with Crippen LogP contribution in [0.1, 0.15) is 32.1 Å². The summed E-state index contributed by atoms with van der Waals surface area (Å²) in [6, 6.07) is 9.74. The summed E-state index contributed by atoms with van der Waals surface area (Å²) in [5, 5.41) is 4.00. The summed E-state index contributed by atoms with van der Waals surface area (Å²) in [5.41, 5.74) is 4.85. The van der Waals surface area contributed by atoms with Crippen LogP contribution in [0.5, 0.6) is 0 Å². The van der Waals surface area contributed by atoms with Crippen molar-refractivity contribution in [2.45, 2.75) is 19.3 Å². The number of rotatable bonds is 3. The second kappa shape index (κ2) is 5.89. The number of hydrogen-bond donors (Lipinski definition) is 1. The van der Waals surface area contributed by atoms with E-state index < -0.39 is 0 Å². The van der Waals surface area contributed by atoms with Gasteiger partial charge < -0.3 is 0 Å². The van der Waals surface area contributed by atoms with Crippen molar-refractivity contribution in [3.8, 4) is 0 Å². The summed E-state index contributed by atoms with van der Waals surface area (Å²) in [5.74, 6) is -0.129. The molecule has 0 radical (unpaired) electrons. The van der Waals surface area contributed by atoms with Crippen LogP contribution >= 0.6 is 27.3 Å². The zero-order valence-electron chi connectivity index (χ0n) is 10.7. The molecule has 20 heavy (non-hydrogen) atoms. The Kier molecular flexibility index (Phi) is 3.98. The van der Waals surface area contributed by atoms with Gasteiger partial charge in [-0.25, -0.2) is 5.43 Å². The lowest BCUT2D eigenvalue weighted by Gasteiger charge is -1.97. The predicted octanol–water partition coefficient (Wildman–Crippen LogP) is 3.76. The number of nitrogens with zero attached hydrogens (tertiary/aromatic N) is 1. The second-order valence-electron chi connectivity index (χ2n) is 4.67. The van der Waals surface area contributed by atoms with Crippen LogP contribution in [0.2, 0.25) is 0 Å². The van der Waals surface area contributed by atoms with Gasteiger partial charge >= 0.3 is 0 Å². The number of nitrogens with one attached hydrogen (secondary N) is 1. The molecule has 1 aromatic heterocycles. The van der Waals surface area contributed by atoms with Gasteiger partial charge in [-0.2, -0.15) is 5.10 Å². The van der Waals surface area contributed by atoms with Crippen LogP contribution in [0.3, 0.4) is 0 Å². The lowest BCUT2D eigenvalue weighted by atomic mass is 10.2. The maximum Gasteiger partial charge on any atom is 0.281 e. The minimum atomic E-state index is -0.129. The molecule has 0 saturated heterocycles. The van der Waals surface area contributed by atoms with Crippen molar-refractivity contribution in [1.82, 2.24) is 5.43 Å². The molecule has 0 bridgehead atoms. The Labute approximate surface area is 129 Å². The van der Waals surface area contributed by atoms with E-state index in [0.29, 0.717) is 0 Å². The second-order valence-corrected chi connectivity index (χ2v) is 6.72. The topological polar surface area (TPSA) is 41.5 Å². The van der Waals surface area contributed by atoms with Crippen molar-refractivity contribution in [1.29, 1.82) is 0 Å². The molecule has 0 fully saturated rings. The average molecular weight is 349 g/mol. The SMILES string of the molecule is O=C(N/N=C\c1cccc(Br)c1)c1cc2c(s1)CCC2. The van der Waals surface area contributed by atoms with Crippen molar-refractivity contribution in [2.24, 2.45) is 5.10 Å². The minimum Gasteiger partial charge on any atom is -0.266 e. The Hall–Kier alpha value is -1.46. The summed E-state index contributed by atoms with van der Waals surface area (Å²) in [6.07, 6.45) is 5.06. The number of carbonyl (C=O) groups excluding carboxylic acids is 1. The molecule has 0 spiro atoms. The minimum absolute atomic E-state index is 0.129. The van der Waals surface area contributed by atoms with E-state index in [9.17, 15) is 4.79 Å². The Morgan fingerprint density at radius 2 is 2.25 bits per heavy atom. The monoisotopic (exact) mass is 348 g/mol. The quantitative estimate of drug-likeness (QED) is 0.665. The fourth-order valence-corrected chi connectivity index (χ4v) is 3.81. The van der Waals surface area contributed by atoms with Crippen molar-refractivity contribution < 1.29 is 4.79 Å². The molecule has 1 aliphatic rings. The van der Waals surface area contributed by atoms with E-state index in [-0.39, 0.29) is 5.91 Å². The highest BCUT2D eigenvalue weighted by atomic mass is 79.9. The lowest BCUT2D eigenvalue weighted by molar-refractivity contribution is 0.0959. The highest BCUT2D eigenvalue weighted by molar-refractivity contribution is 9.10. The van der Waals surface area contributed by atoms with Crippen molar-refractivity contribution in [2.75, 3.05) is 0 Å². The third-order valence-corrected chi connectivity index (χ3v) is 4.93. The van der Waals surface area contributed by atoms with Crippen LogP contribution in [0.25, 0.3) is 0 Å². The molecule has 5 heteroatoms. The number of thiophene rings is 1. The molecule has 1 aromatic carbocycles. The third-order valence-electron chi connectivity index (χ3n) is 3.20. The van der Waals surface area contributed by atoms with E-state index in [1.165, 1.54) is 16.9 Å². The Morgan fingerprint density at radius 3 is 3.05 bits per heavy atom. The molecular formula is C15H13BrN2OS. The van der Waals surface area contributed by atoms with Crippen molar-refractivity contribution >= 4 is 39.4 Å². The number of hydrogen-bond acceptors (Lipinski definition) is 3. The van der Waals surface area contributed by atoms with E-state index in [2.05, 4.69) is 26.5 Å². The number of amides is 1. The third kappa shape index (κ3) is 2.99. The van der Waals surface area contributed by atoms with Crippen LogP contribution in [0, 0.1) is 0 Å². The Bertz CT molecular complexity index is 657. The number of aryl methyl sites for hydroxylation is 2. The molecule has 1 heterocycles. The molecule has 0 saturated carbocycles. The van der Waals surface area contributed by atoms with Gasteiger partial charge in [0.25, 0.3) is 5.91 Å². The molecule has 102 valence electrons. The number of benzene rings is 1. The first-order chi connectivity index (χ1) is 9.72. The highest BCUT2D eigenvalue weighted by Gasteiger charge is 2.17. The van der Waals surface area contributed by atoms with Gasteiger partial charge in [-0.3, -0.25) is 4.79 Å². The zero-order chi connectivity index (χ0) is 13.9. The highest BCUT2D eigenvalue weighted by Crippen LogP contribution is 2.30. The smallest absolute Gasteiger partial charge is 0.266 e. The average Bonchev–Trinajstić information content (AvgIpc) is 2.99. The van der Waals surface area contributed by atoms with Crippen LogP contribution < -0.4 is 5.43 Å². The van der Waals surface area contributed by atoms with Gasteiger partial charge in [-0.05, 0) is 48.6 Å². The Balaban J connectivity index is 1.64. The maximum absolute atomic E-state index is 12.0. The maximum atomic E-state index is 12.0. The molecular weight excluding hydrogens is 336 g/mol. The van der Waals surface area contributed by atoms with E-state index >= 15 is 0 Å². The van der Waals surface area contributed by atoms with Gasteiger partial charge in [0, 0.05) is 9.35 Å². The van der Waals surface area contributed by atoms with Gasteiger partial charge in [0.2, 0.25) is 0 Å². The van der Waals surface area contributed by atoms with Gasteiger partial charge in [0.05, 0.1) is 11.1 Å². The van der Waals surface area contributed by atoms with Gasteiger partial charge in [0.1, 0.15) is 0 Å². The van der Waals surface area contributed by atoms with Gasteiger partial charge in [-0.15, -0.1) is 11.3 Å². The van der Waals surface area contributed by atoms with Crippen LogP contribution in [0.15, 0.2) is 39.9 Å². The first-order valence-corrected chi connectivity index (χ1v) is 8.04. The molecule has 3 rings (SSSR count). The number of carbonyl (C=O) groups is 1. The van der Waals surface area contributed by atoms with Gasteiger partial charge in [0.15, 0.2) is 0 Å². The zero-order valence-corrected chi connectivity index (χ0v) is 13.1. The van der Waals surface area contributed by atoms with Crippen molar-refractivity contribution in [3.05, 3.63) is 55.7 Å². The largest absolute Gasteiger partial charge is 0.281 e. The summed E-state index contributed by atoms with van der Waals surface area (Å²) in [4.78, 5) is 14.1. The van der Waals surface area contributed by atoms with Crippen LogP contribution in [-0.2, 0) is 12.8 Å². The molecule has 0 atom stereocenters. The molecule has 1 amide bonds. The Morgan fingerprint density at radius 1 is 1.35 bits per heavy atom. The normalized spacial score (nSPS) is 13.7. The van der Waals surface area contributed by atoms with E-state index in [1.54, 1.807) is 17.6 Å². The summed E-state index contributed by atoms with van der Waals surface area (Å²) in [6.45, 7) is 0. The van der Waals surface area contributed by atoms with E-state index in [4.69, 9.17) is 0 Å². The molecule has 0 aliphatic heterocycles. The first kappa shape index (κ1) is 13.5. The lowest BCUT2D eigenvalue weighted by Crippen LogP contribution is -2.16. The van der Waals surface area contributed by atoms with E-state index in [1.807, 2.05) is 30.3 Å². The van der Waals surface area contributed by atoms with Crippen LogP contribution in [0.4, 0.5) is 0 Å². The predicted molar refractivity (Wildman–Crippen MR) is 85.5 cm³/mol. The number of hydrazone groups is 1.